The molecule has 1 aromatic rings. The van der Waals surface area contributed by atoms with Crippen molar-refractivity contribution in [3.8, 4) is 5.75 Å². The van der Waals surface area contributed by atoms with Crippen LogP contribution in [0.2, 0.25) is 0 Å². The van der Waals surface area contributed by atoms with Crippen molar-refractivity contribution >= 4 is 12.2 Å². The Bertz CT molecular complexity index is 347. The quantitative estimate of drug-likeness (QED) is 0.415. The van der Waals surface area contributed by atoms with E-state index in [1.54, 1.807) is 6.07 Å². The number of methoxy groups -OCH3 is 1. The maximum Gasteiger partial charge on any atom is 0.352 e. The molecule has 0 atom stereocenters. The maximum absolute atomic E-state index is 10.6. The summed E-state index contributed by atoms with van der Waals surface area (Å²) >= 11 is 0. The van der Waals surface area contributed by atoms with Gasteiger partial charge in [-0.1, -0.05) is 23.4 Å². The highest BCUT2D eigenvalue weighted by Gasteiger charge is 1.97. The lowest BCUT2D eigenvalue weighted by Crippen LogP contribution is -2.02. The number of ether oxygens (including phenoxy) is 1. The number of carbonyl (C=O) groups is 1. The van der Waals surface area contributed by atoms with Crippen molar-refractivity contribution in [1.82, 2.24) is 0 Å². The molecule has 0 N–H and O–H groups in total. The molecule has 0 aliphatic heterocycles. The molecular formula is C10H11NO3. The van der Waals surface area contributed by atoms with Gasteiger partial charge in [0.15, 0.2) is 12.0 Å². The van der Waals surface area contributed by atoms with Crippen molar-refractivity contribution in [3.05, 3.63) is 29.8 Å². The van der Waals surface area contributed by atoms with Gasteiger partial charge in [-0.3, -0.25) is 0 Å². The van der Waals surface area contributed by atoms with Crippen LogP contribution in [0.25, 0.3) is 0 Å². The van der Waals surface area contributed by atoms with Gasteiger partial charge in [-0.25, -0.2) is 4.79 Å². The van der Waals surface area contributed by atoms with E-state index in [2.05, 4.69) is 9.89 Å². The summed E-state index contributed by atoms with van der Waals surface area (Å²) in [4.78, 5) is 15.6. The molecule has 0 amide bonds. The van der Waals surface area contributed by atoms with Gasteiger partial charge < -0.3 is 9.57 Å². The minimum atomic E-state index is -0.543. The average Bonchev–Trinajstić information content (AvgIpc) is 2.20. The van der Waals surface area contributed by atoms with Crippen molar-refractivity contribution in [2.24, 2.45) is 5.16 Å². The minimum Gasteiger partial charge on any atom is -0.465 e. The highest BCUT2D eigenvalue weighted by Crippen LogP contribution is 2.15. The molecule has 0 saturated heterocycles. The van der Waals surface area contributed by atoms with Gasteiger partial charge in [0.1, 0.15) is 0 Å². The first kappa shape index (κ1) is 10.2. The van der Waals surface area contributed by atoms with Crippen molar-refractivity contribution < 1.29 is 14.4 Å². The topological polar surface area (TPSA) is 47.9 Å². The van der Waals surface area contributed by atoms with Crippen LogP contribution in [0.4, 0.5) is 0 Å². The largest absolute Gasteiger partial charge is 0.465 e. The SMILES string of the molecule is COC(=O)C=NOc1ccccc1C. The van der Waals surface area contributed by atoms with E-state index in [0.717, 1.165) is 11.8 Å². The summed E-state index contributed by atoms with van der Waals surface area (Å²) in [7, 11) is 1.28. The summed E-state index contributed by atoms with van der Waals surface area (Å²) in [6.45, 7) is 1.89. The van der Waals surface area contributed by atoms with E-state index < -0.39 is 5.97 Å². The molecule has 4 heteroatoms. The monoisotopic (exact) mass is 193 g/mol. The van der Waals surface area contributed by atoms with Crippen molar-refractivity contribution in [2.45, 2.75) is 6.92 Å². The summed E-state index contributed by atoms with van der Waals surface area (Å²) in [6.07, 6.45) is 0.979. The first-order chi connectivity index (χ1) is 6.74. The van der Waals surface area contributed by atoms with Gasteiger partial charge in [0.2, 0.25) is 0 Å². The van der Waals surface area contributed by atoms with E-state index >= 15 is 0 Å². The van der Waals surface area contributed by atoms with E-state index in [9.17, 15) is 4.79 Å². The zero-order valence-corrected chi connectivity index (χ0v) is 8.06. The molecular weight excluding hydrogens is 182 g/mol. The van der Waals surface area contributed by atoms with Gasteiger partial charge in [-0.05, 0) is 18.6 Å². The van der Waals surface area contributed by atoms with Crippen LogP contribution < -0.4 is 4.84 Å². The highest BCUT2D eigenvalue weighted by atomic mass is 16.6. The fourth-order valence-corrected chi connectivity index (χ4v) is 0.838. The molecule has 0 fully saturated rings. The first-order valence-electron chi connectivity index (χ1n) is 4.08. The molecule has 0 unspecified atom stereocenters. The van der Waals surface area contributed by atoms with Crippen molar-refractivity contribution in [2.75, 3.05) is 7.11 Å². The normalized spacial score (nSPS) is 10.1. The molecule has 1 rings (SSSR count). The lowest BCUT2D eigenvalue weighted by atomic mass is 10.2. The molecule has 74 valence electrons. The number of esters is 1. The second-order valence-electron chi connectivity index (χ2n) is 2.61. The van der Waals surface area contributed by atoms with Gasteiger partial charge in [0, 0.05) is 0 Å². The van der Waals surface area contributed by atoms with Gasteiger partial charge in [-0.15, -0.1) is 0 Å². The molecule has 0 heterocycles. The number of oxime groups is 1. The summed E-state index contributed by atoms with van der Waals surface area (Å²) in [5, 5.41) is 3.47. The Labute approximate surface area is 82.1 Å². The molecule has 0 saturated carbocycles. The van der Waals surface area contributed by atoms with Crippen LogP contribution in [0, 0.1) is 6.92 Å². The summed E-state index contributed by atoms with van der Waals surface area (Å²) in [5.74, 6) is 0.0752. The van der Waals surface area contributed by atoms with Crippen molar-refractivity contribution in [1.29, 1.82) is 0 Å². The summed E-state index contributed by atoms with van der Waals surface area (Å²) < 4.78 is 4.35. The van der Waals surface area contributed by atoms with Gasteiger partial charge in [0.05, 0.1) is 7.11 Å². The zero-order valence-electron chi connectivity index (χ0n) is 8.06. The Balaban J connectivity index is 2.58. The Morgan fingerprint density at radius 1 is 1.43 bits per heavy atom. The van der Waals surface area contributed by atoms with E-state index in [4.69, 9.17) is 4.84 Å². The third-order valence-electron chi connectivity index (χ3n) is 1.60. The second-order valence-corrected chi connectivity index (χ2v) is 2.61. The smallest absolute Gasteiger partial charge is 0.352 e. The van der Waals surface area contributed by atoms with E-state index in [1.165, 1.54) is 7.11 Å². The number of hydrogen-bond acceptors (Lipinski definition) is 4. The predicted octanol–water partition coefficient (Wildman–Crippen LogP) is 1.53. The summed E-state index contributed by atoms with van der Waals surface area (Å²) in [5.41, 5.74) is 0.953. The molecule has 0 spiro atoms. The number of rotatable bonds is 3. The van der Waals surface area contributed by atoms with Crippen LogP contribution in [0.1, 0.15) is 5.56 Å². The van der Waals surface area contributed by atoms with Crippen LogP contribution >= 0.6 is 0 Å². The van der Waals surface area contributed by atoms with Gasteiger partial charge in [-0.2, -0.15) is 0 Å². The highest BCUT2D eigenvalue weighted by molar-refractivity contribution is 6.22. The first-order valence-corrected chi connectivity index (χ1v) is 4.08. The van der Waals surface area contributed by atoms with Gasteiger partial charge >= 0.3 is 5.97 Å². The van der Waals surface area contributed by atoms with E-state index in [-0.39, 0.29) is 0 Å². The lowest BCUT2D eigenvalue weighted by Gasteiger charge is -2.00. The molecule has 0 aliphatic carbocycles. The number of carbonyl (C=O) groups excluding carboxylic acids is 1. The Hall–Kier alpha value is -1.84. The number of hydrogen-bond donors (Lipinski definition) is 0. The number of benzene rings is 1. The lowest BCUT2D eigenvalue weighted by molar-refractivity contribution is -0.132. The van der Waals surface area contributed by atoms with Crippen LogP contribution in [-0.4, -0.2) is 19.3 Å². The predicted molar refractivity (Wildman–Crippen MR) is 52.3 cm³/mol. The third kappa shape index (κ3) is 2.90. The van der Waals surface area contributed by atoms with Crippen molar-refractivity contribution in [3.63, 3.8) is 0 Å². The Morgan fingerprint density at radius 2 is 2.14 bits per heavy atom. The van der Waals surface area contributed by atoms with E-state index in [1.807, 2.05) is 25.1 Å². The second kappa shape index (κ2) is 5.01. The maximum atomic E-state index is 10.6. The average molecular weight is 193 g/mol. The fourth-order valence-electron chi connectivity index (χ4n) is 0.838. The minimum absolute atomic E-state index is 0.543. The fraction of sp³-hybridized carbons (Fsp3) is 0.200. The van der Waals surface area contributed by atoms with E-state index in [0.29, 0.717) is 5.75 Å². The zero-order chi connectivity index (χ0) is 10.4. The molecule has 14 heavy (non-hydrogen) atoms. The van der Waals surface area contributed by atoms with Crippen LogP contribution in [0.5, 0.6) is 5.75 Å². The molecule has 0 aromatic heterocycles. The van der Waals surface area contributed by atoms with Gasteiger partial charge in [0.25, 0.3) is 0 Å². The standard InChI is InChI=1S/C10H11NO3/c1-8-5-3-4-6-9(8)14-11-7-10(12)13-2/h3-7H,1-2H3. The Kier molecular flexibility index (Phi) is 3.67. The molecule has 0 radical (unpaired) electrons. The number of nitrogens with zero attached hydrogens (tertiary/aromatic N) is 1. The summed E-state index contributed by atoms with van der Waals surface area (Å²) in [6, 6.07) is 7.38. The van der Waals surface area contributed by atoms with Crippen LogP contribution in [0.3, 0.4) is 0 Å². The Morgan fingerprint density at radius 3 is 2.79 bits per heavy atom. The number of para-hydroxylation sites is 1. The molecule has 0 bridgehead atoms. The molecule has 4 nitrogen and oxygen atoms in total. The molecule has 0 aliphatic rings. The van der Waals surface area contributed by atoms with Crippen LogP contribution in [0.15, 0.2) is 29.4 Å². The third-order valence-corrected chi connectivity index (χ3v) is 1.60. The molecule has 1 aromatic carbocycles. The van der Waals surface area contributed by atoms with Crippen LogP contribution in [-0.2, 0) is 9.53 Å². The number of aryl methyl sites for hydroxylation is 1.